The van der Waals surface area contributed by atoms with E-state index in [1.807, 2.05) is 4.90 Å². The predicted octanol–water partition coefficient (Wildman–Crippen LogP) is 0.280. The zero-order chi connectivity index (χ0) is 13.8. The van der Waals surface area contributed by atoms with Crippen LogP contribution < -0.4 is 10.2 Å². The maximum absolute atomic E-state index is 11.8. The van der Waals surface area contributed by atoms with Crippen LogP contribution >= 0.6 is 0 Å². The van der Waals surface area contributed by atoms with Crippen LogP contribution in [-0.4, -0.2) is 46.8 Å². The molecule has 2 N–H and O–H groups in total. The highest BCUT2D eigenvalue weighted by Crippen LogP contribution is 2.22. The maximum Gasteiger partial charge on any atom is 0.356 e. The van der Waals surface area contributed by atoms with E-state index in [1.54, 1.807) is 13.1 Å². The summed E-state index contributed by atoms with van der Waals surface area (Å²) in [6.45, 7) is 0.721. The van der Waals surface area contributed by atoms with Gasteiger partial charge >= 0.3 is 5.97 Å². The Morgan fingerprint density at radius 2 is 2.16 bits per heavy atom. The minimum Gasteiger partial charge on any atom is -0.476 e. The zero-order valence-electron chi connectivity index (χ0n) is 10.7. The second kappa shape index (κ2) is 5.64. The van der Waals surface area contributed by atoms with Crippen LogP contribution in [0.25, 0.3) is 0 Å². The number of piperidine rings is 1. The molecule has 2 rings (SSSR count). The smallest absolute Gasteiger partial charge is 0.356 e. The van der Waals surface area contributed by atoms with Crippen molar-refractivity contribution in [3.05, 3.63) is 17.8 Å². The van der Waals surface area contributed by atoms with Gasteiger partial charge in [-0.25, -0.2) is 4.79 Å². The molecular weight excluding hydrogens is 248 g/mol. The lowest BCUT2D eigenvalue weighted by atomic mass is 10.0. The molecule has 1 atom stereocenters. The van der Waals surface area contributed by atoms with Gasteiger partial charge < -0.3 is 15.3 Å². The summed E-state index contributed by atoms with van der Waals surface area (Å²) >= 11 is 0. The number of nitrogens with one attached hydrogen (secondary N) is 1. The number of hydrogen-bond acceptors (Lipinski definition) is 5. The number of nitrogens with zero attached hydrogens (tertiary/aromatic N) is 3. The van der Waals surface area contributed by atoms with Crippen molar-refractivity contribution >= 4 is 17.7 Å². The average Bonchev–Trinajstić information content (AvgIpc) is 2.46. The number of anilines is 1. The van der Waals surface area contributed by atoms with Crippen molar-refractivity contribution < 1.29 is 14.7 Å². The molecule has 1 unspecified atom stereocenters. The average molecular weight is 264 g/mol. The first-order chi connectivity index (χ1) is 9.13. The number of carbonyl (C=O) groups is 2. The number of likely N-dealkylation sites (N-methyl/N-ethyl adjacent to an activating group) is 1. The molecule has 1 aromatic rings. The molecule has 1 saturated heterocycles. The van der Waals surface area contributed by atoms with E-state index < -0.39 is 5.97 Å². The van der Waals surface area contributed by atoms with Gasteiger partial charge in [-0.1, -0.05) is 0 Å². The fourth-order valence-corrected chi connectivity index (χ4v) is 2.24. The van der Waals surface area contributed by atoms with Crippen molar-refractivity contribution in [1.82, 2.24) is 15.5 Å². The molecule has 7 nitrogen and oxygen atoms in total. The van der Waals surface area contributed by atoms with E-state index in [9.17, 15) is 9.59 Å². The molecule has 0 saturated carbocycles. The van der Waals surface area contributed by atoms with E-state index in [1.165, 1.54) is 6.07 Å². The summed E-state index contributed by atoms with van der Waals surface area (Å²) in [6.07, 6.45) is 2.74. The summed E-state index contributed by atoms with van der Waals surface area (Å²) in [5.41, 5.74) is -0.0998. The lowest BCUT2D eigenvalue weighted by Crippen LogP contribution is -2.49. The number of amides is 1. The van der Waals surface area contributed by atoms with Gasteiger partial charge in [0, 0.05) is 13.6 Å². The van der Waals surface area contributed by atoms with Crippen molar-refractivity contribution in [2.75, 3.05) is 18.5 Å². The van der Waals surface area contributed by atoms with Crippen molar-refractivity contribution in [3.8, 4) is 0 Å². The summed E-state index contributed by atoms with van der Waals surface area (Å²) in [7, 11) is 1.61. The van der Waals surface area contributed by atoms with Crippen molar-refractivity contribution in [3.63, 3.8) is 0 Å². The van der Waals surface area contributed by atoms with E-state index in [4.69, 9.17) is 5.11 Å². The van der Waals surface area contributed by atoms with Crippen LogP contribution in [0.2, 0.25) is 0 Å². The second-order valence-electron chi connectivity index (χ2n) is 4.40. The van der Waals surface area contributed by atoms with E-state index in [0.29, 0.717) is 5.82 Å². The summed E-state index contributed by atoms with van der Waals surface area (Å²) in [6, 6.07) is 2.74. The van der Waals surface area contributed by atoms with Gasteiger partial charge in [0.1, 0.15) is 6.04 Å². The van der Waals surface area contributed by atoms with Crippen LogP contribution in [0.5, 0.6) is 0 Å². The van der Waals surface area contributed by atoms with Crippen molar-refractivity contribution in [1.29, 1.82) is 0 Å². The molecule has 0 spiro atoms. The highest BCUT2D eigenvalue weighted by Gasteiger charge is 2.29. The molecule has 1 aliphatic rings. The Morgan fingerprint density at radius 3 is 2.74 bits per heavy atom. The summed E-state index contributed by atoms with van der Waals surface area (Å²) in [5, 5.41) is 19.0. The standard InChI is InChI=1S/C12H16N4O3/c1-13-11(17)9-4-2-3-7-16(9)10-6-5-8(12(18)19)14-15-10/h5-6,9H,2-4,7H2,1H3,(H,13,17)(H,18,19). The van der Waals surface area contributed by atoms with E-state index in [0.717, 1.165) is 25.8 Å². The van der Waals surface area contributed by atoms with Crippen LogP contribution in [0.4, 0.5) is 5.82 Å². The molecule has 19 heavy (non-hydrogen) atoms. The normalized spacial score (nSPS) is 19.0. The summed E-state index contributed by atoms with van der Waals surface area (Å²) in [4.78, 5) is 24.4. The number of aromatic carboxylic acids is 1. The molecule has 1 aliphatic heterocycles. The molecule has 2 heterocycles. The Kier molecular flexibility index (Phi) is 3.94. The molecule has 1 amide bonds. The van der Waals surface area contributed by atoms with Gasteiger partial charge in [-0.3, -0.25) is 4.79 Å². The van der Waals surface area contributed by atoms with E-state index in [2.05, 4.69) is 15.5 Å². The zero-order valence-corrected chi connectivity index (χ0v) is 10.7. The quantitative estimate of drug-likeness (QED) is 0.814. The van der Waals surface area contributed by atoms with Crippen LogP contribution in [0.3, 0.4) is 0 Å². The second-order valence-corrected chi connectivity index (χ2v) is 4.40. The highest BCUT2D eigenvalue weighted by molar-refractivity contribution is 5.86. The summed E-state index contributed by atoms with van der Waals surface area (Å²) < 4.78 is 0. The minimum atomic E-state index is -1.11. The van der Waals surface area contributed by atoms with E-state index >= 15 is 0 Å². The van der Waals surface area contributed by atoms with Crippen LogP contribution in [-0.2, 0) is 4.79 Å². The van der Waals surface area contributed by atoms with Gasteiger partial charge in [0.25, 0.3) is 0 Å². The third kappa shape index (κ3) is 2.81. The van der Waals surface area contributed by atoms with Crippen LogP contribution in [0.1, 0.15) is 29.8 Å². The van der Waals surface area contributed by atoms with Gasteiger partial charge in [0.05, 0.1) is 0 Å². The Morgan fingerprint density at radius 1 is 1.37 bits per heavy atom. The maximum atomic E-state index is 11.8. The number of carboxylic acid groups (broad SMARTS) is 1. The topological polar surface area (TPSA) is 95.4 Å². The first-order valence-corrected chi connectivity index (χ1v) is 6.18. The minimum absolute atomic E-state index is 0.0520. The summed E-state index contributed by atoms with van der Waals surface area (Å²) in [5.74, 6) is -0.623. The first kappa shape index (κ1) is 13.3. The molecule has 1 aromatic heterocycles. The molecular formula is C12H16N4O3. The van der Waals surface area contributed by atoms with E-state index in [-0.39, 0.29) is 17.6 Å². The lowest BCUT2D eigenvalue weighted by molar-refractivity contribution is -0.122. The number of hydrogen-bond donors (Lipinski definition) is 2. The monoisotopic (exact) mass is 264 g/mol. The van der Waals surface area contributed by atoms with Gasteiger partial charge in [0.15, 0.2) is 11.5 Å². The fraction of sp³-hybridized carbons (Fsp3) is 0.500. The third-order valence-electron chi connectivity index (χ3n) is 3.22. The molecule has 0 aromatic carbocycles. The highest BCUT2D eigenvalue weighted by atomic mass is 16.4. The van der Waals surface area contributed by atoms with Crippen molar-refractivity contribution in [2.45, 2.75) is 25.3 Å². The van der Waals surface area contributed by atoms with Gasteiger partial charge in [-0.15, -0.1) is 10.2 Å². The number of rotatable bonds is 3. The predicted molar refractivity (Wildman–Crippen MR) is 68.0 cm³/mol. The lowest BCUT2D eigenvalue weighted by Gasteiger charge is -2.34. The molecule has 102 valence electrons. The van der Waals surface area contributed by atoms with Gasteiger partial charge in [-0.2, -0.15) is 0 Å². The third-order valence-corrected chi connectivity index (χ3v) is 3.22. The van der Waals surface area contributed by atoms with Crippen LogP contribution in [0, 0.1) is 0 Å². The number of carboxylic acids is 1. The molecule has 0 aliphatic carbocycles. The van der Waals surface area contributed by atoms with Crippen molar-refractivity contribution in [2.24, 2.45) is 0 Å². The molecule has 0 radical (unpaired) electrons. The first-order valence-electron chi connectivity index (χ1n) is 6.18. The van der Waals surface area contributed by atoms with Crippen LogP contribution in [0.15, 0.2) is 12.1 Å². The fourth-order valence-electron chi connectivity index (χ4n) is 2.24. The molecule has 1 fully saturated rings. The van der Waals surface area contributed by atoms with Gasteiger partial charge in [0.2, 0.25) is 5.91 Å². The number of carbonyl (C=O) groups excluding carboxylic acids is 1. The Labute approximate surface area is 110 Å². The Balaban J connectivity index is 2.22. The largest absolute Gasteiger partial charge is 0.476 e. The SMILES string of the molecule is CNC(=O)C1CCCCN1c1ccc(C(=O)O)nn1. The Bertz CT molecular complexity index is 474. The molecule has 0 bridgehead atoms. The molecule has 7 heteroatoms. The number of aromatic nitrogens is 2. The van der Waals surface area contributed by atoms with Gasteiger partial charge in [-0.05, 0) is 31.4 Å². The Hall–Kier alpha value is -2.18.